The number of rotatable bonds is 2. The Labute approximate surface area is 98.4 Å². The molecule has 0 bridgehead atoms. The van der Waals surface area contributed by atoms with Crippen molar-refractivity contribution in [1.82, 2.24) is 4.90 Å². The lowest BCUT2D eigenvalue weighted by molar-refractivity contribution is 0.0960. The Bertz CT molecular complexity index is 332. The van der Waals surface area contributed by atoms with Crippen molar-refractivity contribution in [3.63, 3.8) is 0 Å². The number of nitrogens with zero attached hydrogens (tertiary/aromatic N) is 1. The summed E-state index contributed by atoms with van der Waals surface area (Å²) >= 11 is 0. The molecule has 1 fully saturated rings. The molecule has 1 aromatic carbocycles. The Balaban J connectivity index is 2.00. The van der Waals surface area contributed by atoms with Crippen LogP contribution in [-0.4, -0.2) is 24.0 Å². The van der Waals surface area contributed by atoms with E-state index in [1.54, 1.807) is 0 Å². The van der Waals surface area contributed by atoms with Crippen LogP contribution in [0.15, 0.2) is 30.3 Å². The fourth-order valence-electron chi connectivity index (χ4n) is 2.80. The SMILES string of the molecule is CC1(C)CC(N)CN(Cc2ccccc2)C1. The molecular weight excluding hydrogens is 196 g/mol. The molecule has 0 spiro atoms. The summed E-state index contributed by atoms with van der Waals surface area (Å²) in [5.74, 6) is 0. The monoisotopic (exact) mass is 218 g/mol. The van der Waals surface area contributed by atoms with Crippen molar-refractivity contribution in [3.8, 4) is 0 Å². The fourth-order valence-corrected chi connectivity index (χ4v) is 2.80. The van der Waals surface area contributed by atoms with Gasteiger partial charge in [-0.2, -0.15) is 0 Å². The third-order valence-electron chi connectivity index (χ3n) is 3.21. The number of likely N-dealkylation sites (tertiary alicyclic amines) is 1. The Kier molecular flexibility index (Phi) is 3.31. The van der Waals surface area contributed by atoms with E-state index in [2.05, 4.69) is 49.1 Å². The zero-order chi connectivity index (χ0) is 11.6. The van der Waals surface area contributed by atoms with Crippen molar-refractivity contribution in [3.05, 3.63) is 35.9 Å². The van der Waals surface area contributed by atoms with Crippen molar-refractivity contribution in [2.45, 2.75) is 32.9 Å². The number of piperidine rings is 1. The standard InChI is InChI=1S/C14H22N2/c1-14(2)8-13(15)10-16(11-14)9-12-6-4-3-5-7-12/h3-7,13H,8-11,15H2,1-2H3. The van der Waals surface area contributed by atoms with E-state index in [1.807, 2.05) is 0 Å². The van der Waals surface area contributed by atoms with E-state index in [1.165, 1.54) is 5.56 Å². The lowest BCUT2D eigenvalue weighted by Gasteiger charge is -2.41. The van der Waals surface area contributed by atoms with Crippen LogP contribution in [0.4, 0.5) is 0 Å². The Hall–Kier alpha value is -0.860. The van der Waals surface area contributed by atoms with E-state index in [4.69, 9.17) is 5.73 Å². The van der Waals surface area contributed by atoms with Gasteiger partial charge in [0, 0.05) is 25.7 Å². The molecule has 88 valence electrons. The molecule has 1 heterocycles. The first-order chi connectivity index (χ1) is 7.55. The molecule has 0 aliphatic carbocycles. The second-order valence-electron chi connectivity index (χ2n) is 5.78. The first-order valence-electron chi connectivity index (χ1n) is 6.07. The molecule has 2 heteroatoms. The van der Waals surface area contributed by atoms with E-state index in [9.17, 15) is 0 Å². The molecule has 1 unspecified atom stereocenters. The van der Waals surface area contributed by atoms with E-state index in [-0.39, 0.29) is 0 Å². The van der Waals surface area contributed by atoms with Gasteiger partial charge in [0.1, 0.15) is 0 Å². The average Bonchev–Trinajstić information content (AvgIpc) is 2.15. The molecular formula is C14H22N2. The average molecular weight is 218 g/mol. The molecule has 0 radical (unpaired) electrons. The van der Waals surface area contributed by atoms with Gasteiger partial charge in [0.2, 0.25) is 0 Å². The van der Waals surface area contributed by atoms with Crippen LogP contribution in [0.25, 0.3) is 0 Å². The van der Waals surface area contributed by atoms with Gasteiger partial charge in [-0.3, -0.25) is 4.90 Å². The summed E-state index contributed by atoms with van der Waals surface area (Å²) in [5.41, 5.74) is 7.85. The highest BCUT2D eigenvalue weighted by molar-refractivity contribution is 5.14. The lowest BCUT2D eigenvalue weighted by atomic mass is 9.82. The summed E-state index contributed by atoms with van der Waals surface area (Å²) in [7, 11) is 0. The third kappa shape index (κ3) is 3.06. The minimum Gasteiger partial charge on any atom is -0.327 e. The second-order valence-corrected chi connectivity index (χ2v) is 5.78. The van der Waals surface area contributed by atoms with Gasteiger partial charge in [0.05, 0.1) is 0 Å². The van der Waals surface area contributed by atoms with Crippen LogP contribution in [0.2, 0.25) is 0 Å². The summed E-state index contributed by atoms with van der Waals surface area (Å²) in [5, 5.41) is 0. The summed E-state index contributed by atoms with van der Waals surface area (Å²) < 4.78 is 0. The van der Waals surface area contributed by atoms with Crippen LogP contribution >= 0.6 is 0 Å². The molecule has 1 saturated heterocycles. The van der Waals surface area contributed by atoms with E-state index >= 15 is 0 Å². The smallest absolute Gasteiger partial charge is 0.0234 e. The molecule has 0 aromatic heterocycles. The Morgan fingerprint density at radius 2 is 2.00 bits per heavy atom. The normalized spacial score (nSPS) is 25.6. The minimum atomic E-state index is 0.326. The van der Waals surface area contributed by atoms with Gasteiger partial charge in [-0.25, -0.2) is 0 Å². The molecule has 0 saturated carbocycles. The molecule has 0 amide bonds. The van der Waals surface area contributed by atoms with Gasteiger partial charge in [-0.15, -0.1) is 0 Å². The van der Waals surface area contributed by atoms with Crippen molar-refractivity contribution >= 4 is 0 Å². The van der Waals surface area contributed by atoms with Crippen LogP contribution in [0.1, 0.15) is 25.8 Å². The highest BCUT2D eigenvalue weighted by Gasteiger charge is 2.30. The van der Waals surface area contributed by atoms with Crippen LogP contribution in [0.5, 0.6) is 0 Å². The summed E-state index contributed by atoms with van der Waals surface area (Å²) in [6, 6.07) is 11.0. The Morgan fingerprint density at radius 3 is 2.62 bits per heavy atom. The molecule has 2 rings (SSSR count). The van der Waals surface area contributed by atoms with E-state index in [0.29, 0.717) is 11.5 Å². The largest absolute Gasteiger partial charge is 0.327 e. The van der Waals surface area contributed by atoms with Crippen molar-refractivity contribution in [2.24, 2.45) is 11.1 Å². The maximum absolute atomic E-state index is 6.11. The molecule has 1 aliphatic rings. The lowest BCUT2D eigenvalue weighted by Crippen LogP contribution is -2.49. The number of hydrogen-bond acceptors (Lipinski definition) is 2. The van der Waals surface area contributed by atoms with E-state index < -0.39 is 0 Å². The summed E-state index contributed by atoms with van der Waals surface area (Å²) in [6.07, 6.45) is 1.14. The molecule has 1 aliphatic heterocycles. The third-order valence-corrected chi connectivity index (χ3v) is 3.21. The maximum atomic E-state index is 6.11. The predicted molar refractivity (Wildman–Crippen MR) is 68.1 cm³/mol. The fraction of sp³-hybridized carbons (Fsp3) is 0.571. The zero-order valence-electron chi connectivity index (χ0n) is 10.3. The van der Waals surface area contributed by atoms with Gasteiger partial charge in [0.25, 0.3) is 0 Å². The van der Waals surface area contributed by atoms with Gasteiger partial charge in [-0.1, -0.05) is 44.2 Å². The zero-order valence-corrected chi connectivity index (χ0v) is 10.3. The summed E-state index contributed by atoms with van der Waals surface area (Å²) in [6.45, 7) is 7.82. The van der Waals surface area contributed by atoms with Gasteiger partial charge < -0.3 is 5.73 Å². The first-order valence-corrected chi connectivity index (χ1v) is 6.07. The maximum Gasteiger partial charge on any atom is 0.0234 e. The quantitative estimate of drug-likeness (QED) is 0.825. The van der Waals surface area contributed by atoms with Crippen LogP contribution < -0.4 is 5.73 Å². The summed E-state index contributed by atoms with van der Waals surface area (Å²) in [4.78, 5) is 2.48. The Morgan fingerprint density at radius 1 is 1.31 bits per heavy atom. The van der Waals surface area contributed by atoms with Gasteiger partial charge >= 0.3 is 0 Å². The van der Waals surface area contributed by atoms with Crippen molar-refractivity contribution in [1.29, 1.82) is 0 Å². The first kappa shape index (κ1) is 11.6. The number of hydrogen-bond donors (Lipinski definition) is 1. The minimum absolute atomic E-state index is 0.326. The van der Waals surface area contributed by atoms with E-state index in [0.717, 1.165) is 26.1 Å². The molecule has 2 nitrogen and oxygen atoms in total. The molecule has 16 heavy (non-hydrogen) atoms. The van der Waals surface area contributed by atoms with Gasteiger partial charge in [0.15, 0.2) is 0 Å². The van der Waals surface area contributed by atoms with Gasteiger partial charge in [-0.05, 0) is 17.4 Å². The van der Waals surface area contributed by atoms with Crippen LogP contribution in [-0.2, 0) is 6.54 Å². The van der Waals surface area contributed by atoms with Crippen LogP contribution in [0.3, 0.4) is 0 Å². The van der Waals surface area contributed by atoms with Crippen LogP contribution in [0, 0.1) is 5.41 Å². The predicted octanol–water partition coefficient (Wildman–Crippen LogP) is 2.25. The molecule has 1 atom stereocenters. The van der Waals surface area contributed by atoms with Crippen molar-refractivity contribution < 1.29 is 0 Å². The highest BCUT2D eigenvalue weighted by Crippen LogP contribution is 2.28. The highest BCUT2D eigenvalue weighted by atomic mass is 15.2. The number of nitrogens with two attached hydrogens (primary N) is 1. The number of benzene rings is 1. The molecule has 1 aromatic rings. The second kappa shape index (κ2) is 4.56. The van der Waals surface area contributed by atoms with Crippen molar-refractivity contribution in [2.75, 3.05) is 13.1 Å². The molecule has 2 N–H and O–H groups in total. The topological polar surface area (TPSA) is 29.3 Å².